The maximum Gasteiger partial charge on any atom is 0.252 e. The molecule has 2 aromatic rings. The molecular weight excluding hydrogens is 312 g/mol. The van der Waals surface area contributed by atoms with E-state index in [0.29, 0.717) is 5.56 Å². The van der Waals surface area contributed by atoms with Crippen LogP contribution in [-0.4, -0.2) is 5.24 Å². The fraction of sp³-hybridized carbons (Fsp3) is 0. The van der Waals surface area contributed by atoms with E-state index < -0.39 is 5.24 Å². The number of carbonyl (C=O) groups is 1. The predicted molar refractivity (Wildman–Crippen MR) is 79.7 cm³/mol. The van der Waals surface area contributed by atoms with Crippen LogP contribution in [0.1, 0.15) is 21.5 Å². The van der Waals surface area contributed by atoms with E-state index in [2.05, 4.69) is 15.9 Å². The zero-order valence-electron chi connectivity index (χ0n) is 9.44. The van der Waals surface area contributed by atoms with Gasteiger partial charge < -0.3 is 0 Å². The Bertz CT molecular complexity index is 605. The Morgan fingerprint density at radius 2 is 1.83 bits per heavy atom. The molecular formula is C15H10BrClO. The van der Waals surface area contributed by atoms with Crippen LogP contribution in [0.3, 0.4) is 0 Å². The highest BCUT2D eigenvalue weighted by Gasteiger charge is 2.04. The first-order valence-electron chi connectivity index (χ1n) is 5.39. The molecule has 0 aliphatic carbocycles. The highest BCUT2D eigenvalue weighted by molar-refractivity contribution is 9.10. The number of benzene rings is 2. The smallest absolute Gasteiger partial charge is 0.252 e. The molecule has 2 rings (SSSR count). The molecule has 0 spiro atoms. The van der Waals surface area contributed by atoms with E-state index in [1.807, 2.05) is 48.6 Å². The molecule has 0 fully saturated rings. The summed E-state index contributed by atoms with van der Waals surface area (Å²) in [6, 6.07) is 15.2. The van der Waals surface area contributed by atoms with Crippen LogP contribution >= 0.6 is 27.5 Å². The van der Waals surface area contributed by atoms with E-state index in [-0.39, 0.29) is 0 Å². The average molecular weight is 322 g/mol. The second-order valence-corrected chi connectivity index (χ2v) is 5.01. The van der Waals surface area contributed by atoms with E-state index in [1.54, 1.807) is 12.1 Å². The molecule has 1 nitrogen and oxygen atoms in total. The van der Waals surface area contributed by atoms with Gasteiger partial charge in [0.2, 0.25) is 0 Å². The molecule has 0 N–H and O–H groups in total. The summed E-state index contributed by atoms with van der Waals surface area (Å²) in [6.07, 6.45) is 3.83. The fourth-order valence-electron chi connectivity index (χ4n) is 1.62. The van der Waals surface area contributed by atoms with Crippen molar-refractivity contribution in [1.82, 2.24) is 0 Å². The Kier molecular flexibility index (Phi) is 4.34. The SMILES string of the molecule is O=C(Cl)c1ccccc1/C=C/c1cccc(Br)c1. The van der Waals surface area contributed by atoms with Gasteiger partial charge in [-0.1, -0.05) is 58.4 Å². The number of halogens is 2. The van der Waals surface area contributed by atoms with E-state index >= 15 is 0 Å². The second kappa shape index (κ2) is 5.98. The van der Waals surface area contributed by atoms with Gasteiger partial charge in [0.05, 0.1) is 0 Å². The summed E-state index contributed by atoms with van der Waals surface area (Å²) in [6.45, 7) is 0. The molecule has 0 heterocycles. The lowest BCUT2D eigenvalue weighted by atomic mass is 10.1. The van der Waals surface area contributed by atoms with E-state index in [0.717, 1.165) is 15.6 Å². The molecule has 2 aromatic carbocycles. The zero-order valence-corrected chi connectivity index (χ0v) is 11.8. The highest BCUT2D eigenvalue weighted by Crippen LogP contribution is 2.17. The van der Waals surface area contributed by atoms with E-state index in [9.17, 15) is 4.79 Å². The molecule has 0 radical (unpaired) electrons. The van der Waals surface area contributed by atoms with Crippen LogP contribution in [0.15, 0.2) is 53.0 Å². The van der Waals surface area contributed by atoms with Crippen LogP contribution in [0.2, 0.25) is 0 Å². The second-order valence-electron chi connectivity index (χ2n) is 3.75. The first-order valence-corrected chi connectivity index (χ1v) is 6.56. The summed E-state index contributed by atoms with van der Waals surface area (Å²) < 4.78 is 1.02. The molecule has 0 atom stereocenters. The maximum absolute atomic E-state index is 11.3. The molecule has 90 valence electrons. The van der Waals surface area contributed by atoms with Crippen LogP contribution in [0.4, 0.5) is 0 Å². The molecule has 0 bridgehead atoms. The van der Waals surface area contributed by atoms with Gasteiger partial charge in [-0.15, -0.1) is 0 Å². The largest absolute Gasteiger partial charge is 0.276 e. The van der Waals surface area contributed by atoms with Crippen molar-refractivity contribution in [2.45, 2.75) is 0 Å². The van der Waals surface area contributed by atoms with Gasteiger partial charge >= 0.3 is 0 Å². The molecule has 0 aromatic heterocycles. The predicted octanol–water partition coefficient (Wildman–Crippen LogP) is 5.00. The third-order valence-electron chi connectivity index (χ3n) is 2.48. The van der Waals surface area contributed by atoms with Crippen molar-refractivity contribution in [1.29, 1.82) is 0 Å². The van der Waals surface area contributed by atoms with Crippen molar-refractivity contribution < 1.29 is 4.79 Å². The topological polar surface area (TPSA) is 17.1 Å². The van der Waals surface area contributed by atoms with Crippen LogP contribution in [0.5, 0.6) is 0 Å². The Morgan fingerprint density at radius 1 is 1.06 bits per heavy atom. The lowest BCUT2D eigenvalue weighted by molar-refractivity contribution is 0.108. The first kappa shape index (κ1) is 13.1. The van der Waals surface area contributed by atoms with Crippen LogP contribution < -0.4 is 0 Å². The van der Waals surface area contributed by atoms with Crippen molar-refractivity contribution >= 4 is 44.9 Å². The Morgan fingerprint density at radius 3 is 2.56 bits per heavy atom. The summed E-state index contributed by atoms with van der Waals surface area (Å²) in [4.78, 5) is 11.3. The van der Waals surface area contributed by atoms with E-state index in [4.69, 9.17) is 11.6 Å². The van der Waals surface area contributed by atoms with Crippen molar-refractivity contribution in [3.05, 3.63) is 69.7 Å². The Hall–Kier alpha value is -1.38. The van der Waals surface area contributed by atoms with Crippen molar-refractivity contribution in [3.8, 4) is 0 Å². The van der Waals surface area contributed by atoms with Crippen LogP contribution in [0.25, 0.3) is 12.2 Å². The summed E-state index contributed by atoms with van der Waals surface area (Å²) >= 11 is 8.95. The monoisotopic (exact) mass is 320 g/mol. The van der Waals surface area contributed by atoms with Crippen molar-refractivity contribution in [2.75, 3.05) is 0 Å². The molecule has 0 aliphatic heterocycles. The molecule has 3 heteroatoms. The number of rotatable bonds is 3. The van der Waals surface area contributed by atoms with Crippen LogP contribution in [-0.2, 0) is 0 Å². The Balaban J connectivity index is 2.32. The molecule has 0 amide bonds. The third kappa shape index (κ3) is 3.31. The molecule has 18 heavy (non-hydrogen) atoms. The van der Waals surface area contributed by atoms with Gasteiger partial charge in [-0.05, 0) is 40.9 Å². The van der Waals surface area contributed by atoms with Gasteiger partial charge in [-0.25, -0.2) is 0 Å². The first-order chi connectivity index (χ1) is 8.66. The minimum absolute atomic E-state index is 0.440. The van der Waals surface area contributed by atoms with Gasteiger partial charge in [0.15, 0.2) is 0 Å². The standard InChI is InChI=1S/C15H10BrClO/c16-13-6-3-4-11(10-13)8-9-12-5-1-2-7-14(12)15(17)18/h1-10H/b9-8+. The fourth-order valence-corrected chi connectivity index (χ4v) is 2.21. The zero-order chi connectivity index (χ0) is 13.0. The number of hydrogen-bond acceptors (Lipinski definition) is 1. The van der Waals surface area contributed by atoms with Gasteiger partial charge in [0, 0.05) is 10.0 Å². The number of hydrogen-bond donors (Lipinski definition) is 0. The lowest BCUT2D eigenvalue weighted by Gasteiger charge is -2.00. The van der Waals surface area contributed by atoms with E-state index in [1.165, 1.54) is 0 Å². The van der Waals surface area contributed by atoms with Crippen molar-refractivity contribution in [3.63, 3.8) is 0 Å². The van der Waals surface area contributed by atoms with Gasteiger partial charge in [-0.3, -0.25) is 4.79 Å². The summed E-state index contributed by atoms with van der Waals surface area (Å²) in [5, 5.41) is -0.440. The number of carbonyl (C=O) groups excluding carboxylic acids is 1. The average Bonchev–Trinajstić information content (AvgIpc) is 2.37. The molecule has 0 saturated carbocycles. The van der Waals surface area contributed by atoms with Gasteiger partial charge in [0.1, 0.15) is 0 Å². The molecule has 0 aliphatic rings. The summed E-state index contributed by atoms with van der Waals surface area (Å²) in [7, 11) is 0. The minimum Gasteiger partial charge on any atom is -0.276 e. The summed E-state index contributed by atoms with van der Waals surface area (Å²) in [5.74, 6) is 0. The molecule has 0 unspecified atom stereocenters. The van der Waals surface area contributed by atoms with Gasteiger partial charge in [0.25, 0.3) is 5.24 Å². The van der Waals surface area contributed by atoms with Crippen LogP contribution in [0, 0.1) is 0 Å². The van der Waals surface area contributed by atoms with Crippen molar-refractivity contribution in [2.24, 2.45) is 0 Å². The third-order valence-corrected chi connectivity index (χ3v) is 3.17. The van der Waals surface area contributed by atoms with Gasteiger partial charge in [-0.2, -0.15) is 0 Å². The highest BCUT2D eigenvalue weighted by atomic mass is 79.9. The Labute approximate surface area is 119 Å². The normalized spacial score (nSPS) is 10.8. The minimum atomic E-state index is -0.440. The maximum atomic E-state index is 11.3. The lowest BCUT2D eigenvalue weighted by Crippen LogP contribution is -1.91. The quantitative estimate of drug-likeness (QED) is 0.574. The molecule has 0 saturated heterocycles. The summed E-state index contributed by atoms with van der Waals surface area (Å²) in [5.41, 5.74) is 2.39.